The van der Waals surface area contributed by atoms with E-state index in [2.05, 4.69) is 4.74 Å². The van der Waals surface area contributed by atoms with Crippen LogP contribution in [0, 0.1) is 5.92 Å². The third kappa shape index (κ3) is 2.10. The predicted molar refractivity (Wildman–Crippen MR) is 48.1 cm³/mol. The van der Waals surface area contributed by atoms with E-state index in [1.165, 1.54) is 6.92 Å². The Morgan fingerprint density at radius 1 is 1.50 bits per heavy atom. The quantitative estimate of drug-likeness (QED) is 0.546. The highest BCUT2D eigenvalue weighted by atomic mass is 19.2. The van der Waals surface area contributed by atoms with E-state index in [9.17, 15) is 22.4 Å². The van der Waals surface area contributed by atoms with Crippen molar-refractivity contribution in [3.05, 3.63) is 23.6 Å². The second kappa shape index (κ2) is 4.27. The zero-order valence-corrected chi connectivity index (χ0v) is 8.69. The van der Waals surface area contributed by atoms with Crippen molar-refractivity contribution in [2.75, 3.05) is 6.61 Å². The van der Waals surface area contributed by atoms with Crippen LogP contribution in [0.4, 0.5) is 17.6 Å². The summed E-state index contributed by atoms with van der Waals surface area (Å²) in [6.45, 7) is 0.922. The molecule has 2 nitrogen and oxygen atoms in total. The number of rotatable bonds is 2. The summed E-state index contributed by atoms with van der Waals surface area (Å²) < 4.78 is 57.4. The van der Waals surface area contributed by atoms with Crippen LogP contribution < -0.4 is 0 Å². The fraction of sp³-hybridized carbons (Fsp3) is 0.500. The van der Waals surface area contributed by atoms with Gasteiger partial charge in [-0.2, -0.15) is 0 Å². The molecule has 6 heteroatoms. The Kier molecular flexibility index (Phi) is 3.40. The van der Waals surface area contributed by atoms with E-state index in [1.54, 1.807) is 0 Å². The Bertz CT molecular complexity index is 375. The summed E-state index contributed by atoms with van der Waals surface area (Å²) in [6, 6.07) is 0. The maximum atomic E-state index is 13.8. The average molecular weight is 238 g/mol. The Morgan fingerprint density at radius 2 is 2.06 bits per heavy atom. The minimum Gasteiger partial charge on any atom is -0.462 e. The van der Waals surface area contributed by atoms with Gasteiger partial charge >= 0.3 is 5.97 Å². The monoisotopic (exact) mass is 238 g/mol. The minimum absolute atomic E-state index is 0.613. The maximum absolute atomic E-state index is 13.8. The van der Waals surface area contributed by atoms with Crippen LogP contribution in [-0.4, -0.2) is 18.2 Å². The number of ether oxygens (including phenoxy) is 1. The average Bonchev–Trinajstić information content (AvgIpc) is 2.21. The molecule has 1 rings (SSSR count). The van der Waals surface area contributed by atoms with E-state index in [4.69, 9.17) is 0 Å². The lowest BCUT2D eigenvalue weighted by molar-refractivity contribution is -0.144. The number of alkyl halides is 1. The van der Waals surface area contributed by atoms with Gasteiger partial charge < -0.3 is 4.74 Å². The molecular weight excluding hydrogens is 228 g/mol. The van der Waals surface area contributed by atoms with Crippen molar-refractivity contribution < 1.29 is 27.1 Å². The van der Waals surface area contributed by atoms with E-state index in [0.29, 0.717) is 6.08 Å². The van der Waals surface area contributed by atoms with Gasteiger partial charge in [-0.15, -0.1) is 0 Å². The third-order valence-electron chi connectivity index (χ3n) is 2.21. The maximum Gasteiger partial charge on any atom is 0.302 e. The molecule has 0 aromatic carbocycles. The van der Waals surface area contributed by atoms with Gasteiger partial charge in [-0.1, -0.05) is 6.92 Å². The van der Waals surface area contributed by atoms with E-state index >= 15 is 0 Å². The molecule has 0 saturated heterocycles. The molecule has 0 amide bonds. The van der Waals surface area contributed by atoms with Gasteiger partial charge in [0.2, 0.25) is 5.67 Å². The summed E-state index contributed by atoms with van der Waals surface area (Å²) in [7, 11) is 0. The van der Waals surface area contributed by atoms with Gasteiger partial charge in [0.15, 0.2) is 5.83 Å². The van der Waals surface area contributed by atoms with E-state index in [1.807, 2.05) is 0 Å². The van der Waals surface area contributed by atoms with E-state index < -0.39 is 41.6 Å². The molecule has 0 radical (unpaired) electrons. The summed E-state index contributed by atoms with van der Waals surface area (Å²) >= 11 is 0. The molecule has 0 saturated carbocycles. The number of hydrogen-bond acceptors (Lipinski definition) is 2. The van der Waals surface area contributed by atoms with E-state index in [0.717, 1.165) is 6.92 Å². The van der Waals surface area contributed by atoms with Crippen LogP contribution in [-0.2, 0) is 9.53 Å². The lowest BCUT2D eigenvalue weighted by atomic mass is 9.92. The first-order valence-electron chi connectivity index (χ1n) is 4.54. The Labute approximate surface area is 89.6 Å². The molecule has 1 aliphatic carbocycles. The van der Waals surface area contributed by atoms with Crippen molar-refractivity contribution in [3.63, 3.8) is 0 Å². The van der Waals surface area contributed by atoms with Gasteiger partial charge in [-0.05, 0) is 6.08 Å². The van der Waals surface area contributed by atoms with Crippen LogP contribution in [0.15, 0.2) is 23.6 Å². The van der Waals surface area contributed by atoms with Crippen molar-refractivity contribution >= 4 is 5.97 Å². The van der Waals surface area contributed by atoms with Gasteiger partial charge in [0.1, 0.15) is 18.3 Å². The number of halogens is 4. The number of allylic oxidation sites excluding steroid dienone is 2. The number of hydrogen-bond donors (Lipinski definition) is 0. The van der Waals surface area contributed by atoms with Crippen molar-refractivity contribution in [2.24, 2.45) is 5.92 Å². The lowest BCUT2D eigenvalue weighted by Gasteiger charge is -2.26. The second-order valence-electron chi connectivity index (χ2n) is 3.55. The van der Waals surface area contributed by atoms with Gasteiger partial charge in [-0.25, -0.2) is 17.6 Å². The molecule has 2 atom stereocenters. The van der Waals surface area contributed by atoms with Crippen molar-refractivity contribution in [2.45, 2.75) is 19.5 Å². The highest BCUT2D eigenvalue weighted by Gasteiger charge is 2.47. The fourth-order valence-corrected chi connectivity index (χ4v) is 1.25. The third-order valence-corrected chi connectivity index (χ3v) is 2.21. The lowest BCUT2D eigenvalue weighted by Crippen LogP contribution is -2.35. The fourth-order valence-electron chi connectivity index (χ4n) is 1.25. The van der Waals surface area contributed by atoms with Crippen LogP contribution in [0.2, 0.25) is 0 Å². The molecule has 1 aliphatic rings. The highest BCUT2D eigenvalue weighted by Crippen LogP contribution is 2.42. The Morgan fingerprint density at radius 3 is 2.56 bits per heavy atom. The van der Waals surface area contributed by atoms with Crippen LogP contribution in [0.5, 0.6) is 0 Å². The summed E-state index contributed by atoms with van der Waals surface area (Å²) in [6.07, 6.45) is 0.613. The van der Waals surface area contributed by atoms with Crippen LogP contribution in [0.25, 0.3) is 0 Å². The topological polar surface area (TPSA) is 26.3 Å². The predicted octanol–water partition coefficient (Wildman–Crippen LogP) is 2.91. The van der Waals surface area contributed by atoms with Crippen LogP contribution in [0.3, 0.4) is 0 Å². The van der Waals surface area contributed by atoms with Crippen molar-refractivity contribution in [1.82, 2.24) is 0 Å². The molecule has 90 valence electrons. The number of carbonyl (C=O) groups excluding carboxylic acids is 1. The highest BCUT2D eigenvalue weighted by molar-refractivity contribution is 5.66. The zero-order chi connectivity index (χ0) is 12.5. The molecule has 16 heavy (non-hydrogen) atoms. The van der Waals surface area contributed by atoms with Crippen LogP contribution >= 0.6 is 0 Å². The Balaban J connectivity index is 3.01. The first kappa shape index (κ1) is 12.7. The molecular formula is C10H10F4O2. The van der Waals surface area contributed by atoms with Crippen molar-refractivity contribution in [3.8, 4) is 0 Å². The summed E-state index contributed by atoms with van der Waals surface area (Å²) in [5, 5.41) is 0. The Hall–Kier alpha value is -1.33. The minimum atomic E-state index is -3.33. The molecule has 0 aromatic rings. The van der Waals surface area contributed by atoms with Gasteiger partial charge in [0, 0.05) is 12.8 Å². The van der Waals surface area contributed by atoms with E-state index in [-0.39, 0.29) is 0 Å². The molecule has 0 aliphatic heterocycles. The molecule has 0 fully saturated rings. The smallest absolute Gasteiger partial charge is 0.302 e. The molecule has 0 bridgehead atoms. The summed E-state index contributed by atoms with van der Waals surface area (Å²) in [4.78, 5) is 10.4. The van der Waals surface area contributed by atoms with Gasteiger partial charge in [0.05, 0.1) is 0 Å². The first-order chi connectivity index (χ1) is 7.29. The standard InChI is InChI=1S/C10H10F4O2/c1-5-3-7(11)10(14,4-16-6(2)15)9(13)8(5)12/h3,5H,4H2,1-2H3. The second-order valence-corrected chi connectivity index (χ2v) is 3.55. The first-order valence-corrected chi connectivity index (χ1v) is 4.54. The molecule has 0 spiro atoms. The van der Waals surface area contributed by atoms with Crippen LogP contribution in [0.1, 0.15) is 13.8 Å². The molecule has 0 N–H and O–H groups in total. The zero-order valence-electron chi connectivity index (χ0n) is 8.69. The van der Waals surface area contributed by atoms with Crippen molar-refractivity contribution in [1.29, 1.82) is 0 Å². The van der Waals surface area contributed by atoms with Gasteiger partial charge in [0.25, 0.3) is 0 Å². The summed E-state index contributed by atoms with van der Waals surface area (Å²) in [5.74, 6) is -6.82. The van der Waals surface area contributed by atoms with Gasteiger partial charge in [-0.3, -0.25) is 4.79 Å². The summed E-state index contributed by atoms with van der Waals surface area (Å²) in [5.41, 5.74) is -3.33. The molecule has 0 heterocycles. The SMILES string of the molecule is CC(=O)OCC1(F)C(F)=CC(C)C(F)=C1F. The molecule has 0 aromatic heterocycles. The number of carbonyl (C=O) groups is 1. The normalized spacial score (nSPS) is 30.1. The largest absolute Gasteiger partial charge is 0.462 e. The molecule has 2 unspecified atom stereocenters. The number of esters is 1.